The molecule has 0 aliphatic heterocycles. The molecular formula is C15H14ClFN2O2. The van der Waals surface area contributed by atoms with Gasteiger partial charge in [0, 0.05) is 5.02 Å². The van der Waals surface area contributed by atoms with E-state index in [0.29, 0.717) is 16.5 Å². The largest absolute Gasteiger partial charge is 0.483 e. The van der Waals surface area contributed by atoms with E-state index >= 15 is 0 Å². The molecule has 1 amide bonds. The highest BCUT2D eigenvalue weighted by Gasteiger charge is 2.08. The SMILES string of the molecule is Cc1cc(Cl)ccc1OCC(=O)Nc1ccc(F)cc1N. The van der Waals surface area contributed by atoms with E-state index in [4.69, 9.17) is 22.1 Å². The van der Waals surface area contributed by atoms with Crippen molar-refractivity contribution in [3.8, 4) is 5.75 Å². The van der Waals surface area contributed by atoms with Gasteiger partial charge in [-0.05, 0) is 48.9 Å². The van der Waals surface area contributed by atoms with E-state index in [2.05, 4.69) is 5.32 Å². The Morgan fingerprint density at radius 3 is 2.76 bits per heavy atom. The van der Waals surface area contributed by atoms with Gasteiger partial charge in [0.25, 0.3) is 5.91 Å². The first-order valence-electron chi connectivity index (χ1n) is 6.19. The Kier molecular flexibility index (Phi) is 4.65. The minimum absolute atomic E-state index is 0.158. The first-order valence-corrected chi connectivity index (χ1v) is 6.57. The summed E-state index contributed by atoms with van der Waals surface area (Å²) in [6.45, 7) is 1.65. The number of hydrogen-bond acceptors (Lipinski definition) is 3. The highest BCUT2D eigenvalue weighted by atomic mass is 35.5. The van der Waals surface area contributed by atoms with E-state index in [1.807, 2.05) is 6.92 Å². The van der Waals surface area contributed by atoms with Gasteiger partial charge in [-0.1, -0.05) is 11.6 Å². The van der Waals surface area contributed by atoms with Gasteiger partial charge in [-0.25, -0.2) is 4.39 Å². The lowest BCUT2D eigenvalue weighted by Crippen LogP contribution is -2.21. The molecule has 0 aliphatic carbocycles. The summed E-state index contributed by atoms with van der Waals surface area (Å²) in [5, 5.41) is 3.16. The van der Waals surface area contributed by atoms with Crippen LogP contribution in [-0.2, 0) is 4.79 Å². The van der Waals surface area contributed by atoms with Crippen LogP contribution in [0.3, 0.4) is 0 Å². The third kappa shape index (κ3) is 4.10. The van der Waals surface area contributed by atoms with Gasteiger partial charge in [0.15, 0.2) is 6.61 Å². The average molecular weight is 309 g/mol. The second-order valence-corrected chi connectivity index (χ2v) is 4.91. The number of nitrogens with one attached hydrogen (secondary N) is 1. The van der Waals surface area contributed by atoms with Crippen LogP contribution in [0.15, 0.2) is 36.4 Å². The standard InChI is InChI=1S/C15H14ClFN2O2/c1-9-6-10(16)2-5-14(9)21-8-15(20)19-13-4-3-11(17)7-12(13)18/h2-7H,8,18H2,1H3,(H,19,20). The number of amides is 1. The second-order valence-electron chi connectivity index (χ2n) is 4.48. The summed E-state index contributed by atoms with van der Waals surface area (Å²) >= 11 is 5.84. The number of carbonyl (C=O) groups excluding carboxylic acids is 1. The van der Waals surface area contributed by atoms with Crippen LogP contribution in [0.2, 0.25) is 5.02 Å². The van der Waals surface area contributed by atoms with Crippen LogP contribution >= 0.6 is 11.6 Å². The number of nitrogens with two attached hydrogens (primary N) is 1. The van der Waals surface area contributed by atoms with E-state index in [0.717, 1.165) is 11.6 Å². The molecule has 6 heteroatoms. The third-order valence-electron chi connectivity index (χ3n) is 2.78. The fourth-order valence-electron chi connectivity index (χ4n) is 1.75. The van der Waals surface area contributed by atoms with Crippen molar-refractivity contribution in [2.24, 2.45) is 0 Å². The Hall–Kier alpha value is -2.27. The second kappa shape index (κ2) is 6.45. The molecule has 110 valence electrons. The van der Waals surface area contributed by atoms with Crippen LogP contribution in [0.1, 0.15) is 5.56 Å². The lowest BCUT2D eigenvalue weighted by atomic mass is 10.2. The number of rotatable bonds is 4. The van der Waals surface area contributed by atoms with Crippen molar-refractivity contribution in [2.75, 3.05) is 17.7 Å². The zero-order chi connectivity index (χ0) is 15.4. The molecule has 3 N–H and O–H groups in total. The van der Waals surface area contributed by atoms with Crippen LogP contribution in [0.5, 0.6) is 5.75 Å². The van der Waals surface area contributed by atoms with Gasteiger partial charge in [0.05, 0.1) is 11.4 Å². The summed E-state index contributed by atoms with van der Waals surface area (Å²) < 4.78 is 18.3. The van der Waals surface area contributed by atoms with Gasteiger partial charge in [-0.2, -0.15) is 0 Å². The predicted octanol–water partition coefficient (Wildman–Crippen LogP) is 3.39. The van der Waals surface area contributed by atoms with Crippen LogP contribution in [-0.4, -0.2) is 12.5 Å². The Morgan fingerprint density at radius 1 is 1.33 bits per heavy atom. The lowest BCUT2D eigenvalue weighted by Gasteiger charge is -2.11. The third-order valence-corrected chi connectivity index (χ3v) is 3.02. The fraction of sp³-hybridized carbons (Fsp3) is 0.133. The molecular weight excluding hydrogens is 295 g/mol. The molecule has 0 aliphatic rings. The molecule has 0 aromatic heterocycles. The molecule has 21 heavy (non-hydrogen) atoms. The van der Waals surface area contributed by atoms with Gasteiger partial charge < -0.3 is 15.8 Å². The maximum Gasteiger partial charge on any atom is 0.262 e. The van der Waals surface area contributed by atoms with E-state index in [9.17, 15) is 9.18 Å². The minimum Gasteiger partial charge on any atom is -0.483 e. The van der Waals surface area contributed by atoms with Crippen molar-refractivity contribution in [3.05, 3.63) is 52.8 Å². The number of halogens is 2. The van der Waals surface area contributed by atoms with Gasteiger partial charge in [-0.3, -0.25) is 4.79 Å². The van der Waals surface area contributed by atoms with Crippen molar-refractivity contribution >= 4 is 28.9 Å². The number of aryl methyl sites for hydroxylation is 1. The van der Waals surface area contributed by atoms with Crippen molar-refractivity contribution in [1.82, 2.24) is 0 Å². The van der Waals surface area contributed by atoms with Crippen molar-refractivity contribution in [1.29, 1.82) is 0 Å². The van der Waals surface area contributed by atoms with E-state index in [-0.39, 0.29) is 18.2 Å². The molecule has 0 radical (unpaired) electrons. The molecule has 0 saturated heterocycles. The monoisotopic (exact) mass is 308 g/mol. The normalized spacial score (nSPS) is 10.2. The molecule has 2 rings (SSSR count). The zero-order valence-corrected chi connectivity index (χ0v) is 12.1. The van der Waals surface area contributed by atoms with Gasteiger partial charge >= 0.3 is 0 Å². The number of benzene rings is 2. The molecule has 4 nitrogen and oxygen atoms in total. The number of anilines is 2. The quantitative estimate of drug-likeness (QED) is 0.851. The van der Waals surface area contributed by atoms with E-state index < -0.39 is 5.82 Å². The van der Waals surface area contributed by atoms with Crippen molar-refractivity contribution in [3.63, 3.8) is 0 Å². The van der Waals surface area contributed by atoms with Gasteiger partial charge in [0.2, 0.25) is 0 Å². The van der Waals surface area contributed by atoms with Crippen molar-refractivity contribution < 1.29 is 13.9 Å². The number of ether oxygens (including phenoxy) is 1. The molecule has 2 aromatic carbocycles. The van der Waals surface area contributed by atoms with E-state index in [1.54, 1.807) is 18.2 Å². The molecule has 0 saturated carbocycles. The molecule has 2 aromatic rings. The zero-order valence-electron chi connectivity index (χ0n) is 11.3. The smallest absolute Gasteiger partial charge is 0.262 e. The Balaban J connectivity index is 1.96. The Bertz CT molecular complexity index is 677. The summed E-state index contributed by atoms with van der Waals surface area (Å²) in [7, 11) is 0. The summed E-state index contributed by atoms with van der Waals surface area (Å²) in [5.41, 5.74) is 6.94. The summed E-state index contributed by atoms with van der Waals surface area (Å²) in [5.74, 6) is -0.275. The highest BCUT2D eigenvalue weighted by Crippen LogP contribution is 2.22. The first-order chi connectivity index (χ1) is 9.95. The van der Waals surface area contributed by atoms with Gasteiger partial charge in [0.1, 0.15) is 11.6 Å². The topological polar surface area (TPSA) is 64.3 Å². The first kappa shape index (κ1) is 15.1. The maximum atomic E-state index is 12.9. The molecule has 0 bridgehead atoms. The molecule has 0 spiro atoms. The van der Waals surface area contributed by atoms with Crippen LogP contribution < -0.4 is 15.8 Å². The predicted molar refractivity (Wildman–Crippen MR) is 81.1 cm³/mol. The molecule has 0 heterocycles. The average Bonchev–Trinajstić information content (AvgIpc) is 2.41. The summed E-state index contributed by atoms with van der Waals surface area (Å²) in [4.78, 5) is 11.8. The number of nitrogen functional groups attached to an aromatic ring is 1. The molecule has 0 unspecified atom stereocenters. The summed E-state index contributed by atoms with van der Waals surface area (Å²) in [6, 6.07) is 8.87. The van der Waals surface area contributed by atoms with Crippen LogP contribution in [0.4, 0.5) is 15.8 Å². The maximum absolute atomic E-state index is 12.9. The molecule has 0 fully saturated rings. The summed E-state index contributed by atoms with van der Waals surface area (Å²) in [6.07, 6.45) is 0. The van der Waals surface area contributed by atoms with Gasteiger partial charge in [-0.15, -0.1) is 0 Å². The van der Waals surface area contributed by atoms with Crippen LogP contribution in [0, 0.1) is 12.7 Å². The lowest BCUT2D eigenvalue weighted by molar-refractivity contribution is -0.118. The van der Waals surface area contributed by atoms with Crippen LogP contribution in [0.25, 0.3) is 0 Å². The molecule has 0 atom stereocenters. The minimum atomic E-state index is -0.460. The fourth-order valence-corrected chi connectivity index (χ4v) is 1.98. The van der Waals surface area contributed by atoms with E-state index in [1.165, 1.54) is 12.1 Å². The van der Waals surface area contributed by atoms with Crippen molar-refractivity contribution in [2.45, 2.75) is 6.92 Å². The number of hydrogen-bond donors (Lipinski definition) is 2. The number of carbonyl (C=O) groups is 1. The Labute approximate surface area is 126 Å². The highest BCUT2D eigenvalue weighted by molar-refractivity contribution is 6.30. The Morgan fingerprint density at radius 2 is 2.10 bits per heavy atom.